The predicted molar refractivity (Wildman–Crippen MR) is 115 cm³/mol. The number of hydrogen-bond donors (Lipinski definition) is 2. The molecule has 0 saturated carbocycles. The lowest BCUT2D eigenvalue weighted by molar-refractivity contribution is -0.143. The summed E-state index contributed by atoms with van der Waals surface area (Å²) in [6.45, 7) is 5.19. The molecule has 1 aromatic rings. The van der Waals surface area contributed by atoms with Crippen LogP contribution in [0.15, 0.2) is 35.9 Å². The van der Waals surface area contributed by atoms with Gasteiger partial charge in [-0.3, -0.25) is 0 Å². The SMILES string of the molecule is COC(=O)C1=C[C@H](O)CC[C@@H]1Oc1ccc(C[C@H](NC(=O)OC(C)(C)C)C(=O)OC)cc1. The number of benzene rings is 1. The average Bonchev–Trinajstić information content (AvgIpc) is 2.73. The quantitative estimate of drug-likeness (QED) is 0.481. The lowest BCUT2D eigenvalue weighted by atomic mass is 9.94. The minimum atomic E-state index is -0.921. The fourth-order valence-corrected chi connectivity index (χ4v) is 3.20. The van der Waals surface area contributed by atoms with Crippen molar-refractivity contribution >= 4 is 18.0 Å². The molecular weight excluding hydrogens is 418 g/mol. The minimum Gasteiger partial charge on any atom is -0.485 e. The molecule has 9 heteroatoms. The van der Waals surface area contributed by atoms with Gasteiger partial charge in [-0.05, 0) is 57.4 Å². The molecule has 9 nitrogen and oxygen atoms in total. The molecule has 0 saturated heterocycles. The van der Waals surface area contributed by atoms with E-state index in [-0.39, 0.29) is 12.0 Å². The molecule has 0 bridgehead atoms. The number of rotatable bonds is 7. The van der Waals surface area contributed by atoms with E-state index < -0.39 is 41.9 Å². The van der Waals surface area contributed by atoms with Crippen molar-refractivity contribution in [3.05, 3.63) is 41.5 Å². The molecule has 0 aliphatic heterocycles. The molecule has 3 atom stereocenters. The molecule has 0 spiro atoms. The first-order chi connectivity index (χ1) is 15.0. The molecule has 1 aliphatic rings. The van der Waals surface area contributed by atoms with Crippen molar-refractivity contribution in [3.8, 4) is 5.75 Å². The predicted octanol–water partition coefficient (Wildman–Crippen LogP) is 2.30. The van der Waals surface area contributed by atoms with Gasteiger partial charge in [0, 0.05) is 6.42 Å². The van der Waals surface area contributed by atoms with Gasteiger partial charge in [-0.2, -0.15) is 0 Å². The van der Waals surface area contributed by atoms with Crippen LogP contribution in [0.3, 0.4) is 0 Å². The third-order valence-corrected chi connectivity index (χ3v) is 4.68. The Balaban J connectivity index is 2.06. The van der Waals surface area contributed by atoms with Crippen LogP contribution < -0.4 is 10.1 Å². The van der Waals surface area contributed by atoms with Crippen LogP contribution in [0.1, 0.15) is 39.2 Å². The Morgan fingerprint density at radius 3 is 2.31 bits per heavy atom. The van der Waals surface area contributed by atoms with Gasteiger partial charge in [0.1, 0.15) is 23.5 Å². The van der Waals surface area contributed by atoms with E-state index in [4.69, 9.17) is 18.9 Å². The highest BCUT2D eigenvalue weighted by atomic mass is 16.6. The van der Waals surface area contributed by atoms with Crippen LogP contribution in [-0.4, -0.2) is 61.2 Å². The highest BCUT2D eigenvalue weighted by Gasteiger charge is 2.29. The molecule has 32 heavy (non-hydrogen) atoms. The van der Waals surface area contributed by atoms with Gasteiger partial charge in [-0.25, -0.2) is 14.4 Å². The fraction of sp³-hybridized carbons (Fsp3) is 0.522. The molecule has 0 radical (unpaired) electrons. The Labute approximate surface area is 187 Å². The molecule has 0 fully saturated rings. The number of methoxy groups -OCH3 is 2. The van der Waals surface area contributed by atoms with E-state index in [0.29, 0.717) is 18.6 Å². The van der Waals surface area contributed by atoms with Crippen molar-refractivity contribution in [2.24, 2.45) is 0 Å². The summed E-state index contributed by atoms with van der Waals surface area (Å²) in [7, 11) is 2.52. The van der Waals surface area contributed by atoms with Gasteiger partial charge < -0.3 is 29.4 Å². The van der Waals surface area contributed by atoms with E-state index in [9.17, 15) is 19.5 Å². The normalized spacial score (nSPS) is 19.2. The van der Waals surface area contributed by atoms with Crippen LogP contribution in [0.5, 0.6) is 5.75 Å². The standard InChI is InChI=1S/C23H31NO8/c1-23(2,3)32-22(28)24-18(21(27)30-5)12-14-6-9-16(10-7-14)31-19-11-8-15(25)13-17(19)20(26)29-4/h6-7,9-10,13,15,18-19,25H,8,11-12H2,1-5H3,(H,24,28)/t15-,18+,19+/m1/s1. The molecule has 0 aromatic heterocycles. The molecule has 176 valence electrons. The van der Waals surface area contributed by atoms with Crippen molar-refractivity contribution in [3.63, 3.8) is 0 Å². The maximum absolute atomic E-state index is 12.1. The maximum atomic E-state index is 12.1. The number of amides is 1. The van der Waals surface area contributed by atoms with E-state index in [0.717, 1.165) is 5.56 Å². The Kier molecular flexibility index (Phi) is 8.65. The highest BCUT2D eigenvalue weighted by Crippen LogP contribution is 2.26. The van der Waals surface area contributed by atoms with Gasteiger partial charge in [0.2, 0.25) is 0 Å². The fourth-order valence-electron chi connectivity index (χ4n) is 3.20. The van der Waals surface area contributed by atoms with Gasteiger partial charge >= 0.3 is 18.0 Å². The Bertz CT molecular complexity index is 841. The van der Waals surface area contributed by atoms with Gasteiger partial charge in [0.15, 0.2) is 0 Å². The van der Waals surface area contributed by atoms with E-state index >= 15 is 0 Å². The van der Waals surface area contributed by atoms with Crippen LogP contribution in [0.4, 0.5) is 4.79 Å². The lowest BCUT2D eigenvalue weighted by Crippen LogP contribution is -2.45. The van der Waals surface area contributed by atoms with Crippen LogP contribution in [0.2, 0.25) is 0 Å². The van der Waals surface area contributed by atoms with Crippen LogP contribution in [0, 0.1) is 0 Å². The summed E-state index contributed by atoms with van der Waals surface area (Å²) in [5.74, 6) is -0.621. The minimum absolute atomic E-state index is 0.190. The second-order valence-corrected chi connectivity index (χ2v) is 8.43. The number of esters is 2. The average molecular weight is 450 g/mol. The number of hydrogen-bond acceptors (Lipinski definition) is 8. The summed E-state index contributed by atoms with van der Waals surface area (Å²) in [6, 6.07) is 5.99. The van der Waals surface area contributed by atoms with Crippen molar-refractivity contribution in [1.82, 2.24) is 5.32 Å². The summed E-state index contributed by atoms with van der Waals surface area (Å²) in [5.41, 5.74) is 0.338. The van der Waals surface area contributed by atoms with E-state index in [1.165, 1.54) is 20.3 Å². The molecule has 1 aliphatic carbocycles. The van der Waals surface area contributed by atoms with Crippen LogP contribution >= 0.6 is 0 Å². The zero-order chi connectivity index (χ0) is 23.9. The second kappa shape index (κ2) is 11.0. The number of ether oxygens (including phenoxy) is 4. The third-order valence-electron chi connectivity index (χ3n) is 4.68. The van der Waals surface area contributed by atoms with Gasteiger partial charge in [0.25, 0.3) is 0 Å². The van der Waals surface area contributed by atoms with E-state index in [2.05, 4.69) is 5.32 Å². The Hall–Kier alpha value is -3.07. The molecular formula is C23H31NO8. The summed E-state index contributed by atoms with van der Waals surface area (Å²) < 4.78 is 20.7. The van der Waals surface area contributed by atoms with Crippen molar-refractivity contribution in [2.45, 2.75) is 63.9 Å². The highest BCUT2D eigenvalue weighted by molar-refractivity contribution is 5.90. The number of alkyl carbamates (subject to hydrolysis) is 1. The van der Waals surface area contributed by atoms with Gasteiger partial charge in [0.05, 0.1) is 25.9 Å². The van der Waals surface area contributed by atoms with Crippen LogP contribution in [-0.2, 0) is 30.2 Å². The number of carbonyl (C=O) groups is 3. The smallest absolute Gasteiger partial charge is 0.408 e. The number of nitrogens with one attached hydrogen (secondary N) is 1. The number of aliphatic hydroxyl groups is 1. The number of aliphatic hydroxyl groups excluding tert-OH is 1. The summed E-state index contributed by atoms with van der Waals surface area (Å²) in [6.07, 6.45) is 0.628. The Morgan fingerprint density at radius 2 is 1.75 bits per heavy atom. The number of carbonyl (C=O) groups excluding carboxylic acids is 3. The lowest BCUT2D eigenvalue weighted by Gasteiger charge is -2.26. The topological polar surface area (TPSA) is 120 Å². The zero-order valence-corrected chi connectivity index (χ0v) is 19.0. The molecule has 1 amide bonds. The van der Waals surface area contributed by atoms with Crippen molar-refractivity contribution in [2.75, 3.05) is 14.2 Å². The monoisotopic (exact) mass is 449 g/mol. The summed E-state index contributed by atoms with van der Waals surface area (Å²) >= 11 is 0. The van der Waals surface area contributed by atoms with Crippen molar-refractivity contribution in [1.29, 1.82) is 0 Å². The molecule has 2 rings (SSSR count). The largest absolute Gasteiger partial charge is 0.485 e. The van der Waals surface area contributed by atoms with E-state index in [1.54, 1.807) is 45.0 Å². The first-order valence-electron chi connectivity index (χ1n) is 10.3. The van der Waals surface area contributed by atoms with Gasteiger partial charge in [-0.1, -0.05) is 12.1 Å². The second-order valence-electron chi connectivity index (χ2n) is 8.43. The Morgan fingerprint density at radius 1 is 1.09 bits per heavy atom. The molecule has 0 heterocycles. The van der Waals surface area contributed by atoms with E-state index in [1.807, 2.05) is 0 Å². The molecule has 2 N–H and O–H groups in total. The maximum Gasteiger partial charge on any atom is 0.408 e. The first kappa shape index (κ1) is 25.2. The summed E-state index contributed by atoms with van der Waals surface area (Å²) in [4.78, 5) is 36.2. The van der Waals surface area contributed by atoms with Crippen molar-refractivity contribution < 1.29 is 38.4 Å². The summed E-state index contributed by atoms with van der Waals surface area (Å²) in [5, 5.41) is 12.3. The van der Waals surface area contributed by atoms with Crippen LogP contribution in [0.25, 0.3) is 0 Å². The first-order valence-corrected chi connectivity index (χ1v) is 10.3. The molecule has 0 unspecified atom stereocenters. The van der Waals surface area contributed by atoms with Gasteiger partial charge in [-0.15, -0.1) is 0 Å². The third kappa shape index (κ3) is 7.56. The molecule has 1 aromatic carbocycles. The zero-order valence-electron chi connectivity index (χ0n) is 19.0.